The fraction of sp³-hybridized carbons (Fsp3) is 0.286. The third-order valence-electron chi connectivity index (χ3n) is 2.85. The largest absolute Gasteiger partial charge is 0.359 e. The molecule has 0 aliphatic heterocycles. The minimum Gasteiger partial charge on any atom is -0.359 e. The van der Waals surface area contributed by atoms with Crippen molar-refractivity contribution in [2.24, 2.45) is 7.05 Å². The molecule has 0 radical (unpaired) electrons. The fourth-order valence-corrected chi connectivity index (χ4v) is 2.29. The summed E-state index contributed by atoms with van der Waals surface area (Å²) in [7, 11) is 1.91. The molecule has 0 atom stereocenters. The zero-order chi connectivity index (χ0) is 14.7. The highest BCUT2D eigenvalue weighted by Gasteiger charge is 2.13. The van der Waals surface area contributed by atoms with E-state index in [9.17, 15) is 4.79 Å². The Kier molecular flexibility index (Phi) is 4.24. The lowest BCUT2D eigenvalue weighted by Crippen LogP contribution is -2.48. The van der Waals surface area contributed by atoms with Crippen LogP contribution in [0, 0.1) is 0 Å². The zero-order valence-electron chi connectivity index (χ0n) is 11.7. The number of thiocarbonyl (C=S) groups is 1. The molecule has 2 rings (SSSR count). The van der Waals surface area contributed by atoms with Gasteiger partial charge in [0.05, 0.1) is 5.56 Å². The van der Waals surface area contributed by atoms with Crippen LogP contribution < -0.4 is 16.2 Å². The average Bonchev–Trinajstić information content (AvgIpc) is 2.73. The first-order chi connectivity index (χ1) is 9.49. The second-order valence-corrected chi connectivity index (χ2v) is 5.29. The number of hydrogen-bond donors (Lipinski definition) is 3. The highest BCUT2D eigenvalue weighted by molar-refractivity contribution is 7.80. The standard InChI is InChI=1S/C14H18N4OS/c1-9(2)15-14(20)17-16-13(19)11-8-18(3)12-7-5-4-6-10(11)12/h4-9H,1-3H3,(H,16,19)(H2,15,17,20). The smallest absolute Gasteiger partial charge is 0.271 e. The maximum Gasteiger partial charge on any atom is 0.271 e. The Morgan fingerprint density at radius 1 is 1.25 bits per heavy atom. The molecule has 1 aromatic heterocycles. The van der Waals surface area contributed by atoms with E-state index >= 15 is 0 Å². The number of benzene rings is 1. The molecule has 2 aromatic rings. The Morgan fingerprint density at radius 3 is 2.65 bits per heavy atom. The van der Waals surface area contributed by atoms with E-state index in [0.717, 1.165) is 10.9 Å². The molecule has 1 amide bonds. The van der Waals surface area contributed by atoms with E-state index in [0.29, 0.717) is 10.7 Å². The normalized spacial score (nSPS) is 10.6. The quantitative estimate of drug-likeness (QED) is 0.582. The van der Waals surface area contributed by atoms with Crippen LogP contribution in [-0.2, 0) is 7.05 Å². The van der Waals surface area contributed by atoms with E-state index in [4.69, 9.17) is 12.2 Å². The Labute approximate surface area is 123 Å². The SMILES string of the molecule is CC(C)NC(=S)NNC(=O)c1cn(C)c2ccccc12. The number of hydrazine groups is 1. The number of aromatic nitrogens is 1. The number of carbonyl (C=O) groups excluding carboxylic acids is 1. The summed E-state index contributed by atoms with van der Waals surface area (Å²) in [6.07, 6.45) is 1.81. The summed E-state index contributed by atoms with van der Waals surface area (Å²) in [6.45, 7) is 3.95. The minimum absolute atomic E-state index is 0.212. The molecule has 6 heteroatoms. The van der Waals surface area contributed by atoms with Crippen LogP contribution in [-0.4, -0.2) is 21.6 Å². The number of para-hydroxylation sites is 1. The maximum absolute atomic E-state index is 12.2. The topological polar surface area (TPSA) is 58.1 Å². The predicted molar refractivity (Wildman–Crippen MR) is 84.4 cm³/mol. The van der Waals surface area contributed by atoms with Gasteiger partial charge in [-0.15, -0.1) is 0 Å². The third kappa shape index (κ3) is 3.08. The number of carbonyl (C=O) groups is 1. The molecule has 0 unspecified atom stereocenters. The lowest BCUT2D eigenvalue weighted by Gasteiger charge is -2.13. The van der Waals surface area contributed by atoms with Gasteiger partial charge in [0.1, 0.15) is 0 Å². The van der Waals surface area contributed by atoms with Gasteiger partial charge in [0.25, 0.3) is 5.91 Å². The average molecular weight is 290 g/mol. The van der Waals surface area contributed by atoms with Gasteiger partial charge in [-0.3, -0.25) is 15.6 Å². The molecule has 106 valence electrons. The second-order valence-electron chi connectivity index (χ2n) is 4.88. The van der Waals surface area contributed by atoms with Crippen LogP contribution in [0.5, 0.6) is 0 Å². The van der Waals surface area contributed by atoms with Crippen LogP contribution in [0.25, 0.3) is 10.9 Å². The molecule has 1 aromatic carbocycles. The molecule has 1 heterocycles. The van der Waals surface area contributed by atoms with E-state index in [2.05, 4.69) is 16.2 Å². The molecule has 0 bridgehead atoms. The molecular weight excluding hydrogens is 272 g/mol. The van der Waals surface area contributed by atoms with E-state index in [1.54, 1.807) is 6.20 Å². The Balaban J connectivity index is 2.10. The Bertz CT molecular complexity index is 648. The number of nitrogens with zero attached hydrogens (tertiary/aromatic N) is 1. The number of rotatable bonds is 2. The number of fused-ring (bicyclic) bond motifs is 1. The molecule has 5 nitrogen and oxygen atoms in total. The maximum atomic E-state index is 12.2. The van der Waals surface area contributed by atoms with Gasteiger partial charge in [-0.05, 0) is 32.1 Å². The summed E-state index contributed by atoms with van der Waals surface area (Å²) in [4.78, 5) is 12.2. The van der Waals surface area contributed by atoms with Gasteiger partial charge in [-0.1, -0.05) is 18.2 Å². The highest BCUT2D eigenvalue weighted by atomic mass is 32.1. The van der Waals surface area contributed by atoms with Crippen LogP contribution in [0.1, 0.15) is 24.2 Å². The fourth-order valence-electron chi connectivity index (χ4n) is 2.00. The van der Waals surface area contributed by atoms with E-state index in [1.807, 2.05) is 49.7 Å². The van der Waals surface area contributed by atoms with Crippen molar-refractivity contribution in [3.63, 3.8) is 0 Å². The lowest BCUT2D eigenvalue weighted by molar-refractivity contribution is 0.0945. The molecule has 0 aliphatic rings. The van der Waals surface area contributed by atoms with Gasteiger partial charge in [-0.25, -0.2) is 0 Å². The molecular formula is C14H18N4OS. The Morgan fingerprint density at radius 2 is 1.95 bits per heavy atom. The van der Waals surface area contributed by atoms with Gasteiger partial charge < -0.3 is 9.88 Å². The van der Waals surface area contributed by atoms with Crippen LogP contribution in [0.3, 0.4) is 0 Å². The van der Waals surface area contributed by atoms with Crippen LogP contribution >= 0.6 is 12.2 Å². The first kappa shape index (κ1) is 14.3. The minimum atomic E-state index is -0.213. The summed E-state index contributed by atoms with van der Waals surface area (Å²) in [5, 5.41) is 4.30. The predicted octanol–water partition coefficient (Wildman–Crippen LogP) is 1.70. The number of hydrogen-bond acceptors (Lipinski definition) is 2. The monoisotopic (exact) mass is 290 g/mol. The molecule has 0 aliphatic carbocycles. The molecule has 0 fully saturated rings. The number of aryl methyl sites for hydroxylation is 1. The van der Waals surface area contributed by atoms with Crippen molar-refractivity contribution in [1.29, 1.82) is 0 Å². The van der Waals surface area contributed by atoms with Crippen LogP contribution in [0.2, 0.25) is 0 Å². The molecule has 0 saturated carbocycles. The van der Waals surface area contributed by atoms with Crippen molar-refractivity contribution in [2.75, 3.05) is 0 Å². The summed E-state index contributed by atoms with van der Waals surface area (Å²) in [5.74, 6) is -0.213. The first-order valence-corrected chi connectivity index (χ1v) is 6.80. The van der Waals surface area contributed by atoms with E-state index < -0.39 is 0 Å². The van der Waals surface area contributed by atoms with Crippen molar-refractivity contribution in [2.45, 2.75) is 19.9 Å². The Hall–Kier alpha value is -2.08. The van der Waals surface area contributed by atoms with Gasteiger partial charge in [0.15, 0.2) is 5.11 Å². The van der Waals surface area contributed by atoms with Gasteiger partial charge in [0.2, 0.25) is 0 Å². The van der Waals surface area contributed by atoms with Crippen LogP contribution in [0.4, 0.5) is 0 Å². The summed E-state index contributed by atoms with van der Waals surface area (Å²) >= 11 is 5.06. The molecule has 20 heavy (non-hydrogen) atoms. The van der Waals surface area contributed by atoms with Crippen molar-refractivity contribution >= 4 is 34.1 Å². The van der Waals surface area contributed by atoms with Gasteiger partial charge in [-0.2, -0.15) is 0 Å². The molecule has 0 saturated heterocycles. The zero-order valence-corrected chi connectivity index (χ0v) is 12.5. The molecule has 3 N–H and O–H groups in total. The summed E-state index contributed by atoms with van der Waals surface area (Å²) < 4.78 is 1.93. The number of amides is 1. The highest BCUT2D eigenvalue weighted by Crippen LogP contribution is 2.19. The van der Waals surface area contributed by atoms with Crippen LogP contribution in [0.15, 0.2) is 30.5 Å². The van der Waals surface area contributed by atoms with E-state index in [1.165, 1.54) is 0 Å². The van der Waals surface area contributed by atoms with Crippen molar-refractivity contribution in [3.8, 4) is 0 Å². The van der Waals surface area contributed by atoms with E-state index in [-0.39, 0.29) is 11.9 Å². The summed E-state index contributed by atoms with van der Waals surface area (Å²) in [6, 6.07) is 7.98. The molecule has 0 spiro atoms. The lowest BCUT2D eigenvalue weighted by atomic mass is 10.2. The van der Waals surface area contributed by atoms with Crippen molar-refractivity contribution in [1.82, 2.24) is 20.7 Å². The van der Waals surface area contributed by atoms with Gasteiger partial charge in [0, 0.05) is 30.2 Å². The van der Waals surface area contributed by atoms with Gasteiger partial charge >= 0.3 is 0 Å². The second kappa shape index (κ2) is 5.92. The van der Waals surface area contributed by atoms with Crippen molar-refractivity contribution in [3.05, 3.63) is 36.0 Å². The number of nitrogens with one attached hydrogen (secondary N) is 3. The summed E-state index contributed by atoms with van der Waals surface area (Å²) in [5.41, 5.74) is 6.93. The van der Waals surface area contributed by atoms with Crippen molar-refractivity contribution < 1.29 is 4.79 Å². The third-order valence-corrected chi connectivity index (χ3v) is 3.07. The first-order valence-electron chi connectivity index (χ1n) is 6.40.